The molecule has 78 valence electrons. The molecule has 0 spiro atoms. The van der Waals surface area contributed by atoms with Gasteiger partial charge in [0.15, 0.2) is 0 Å². The summed E-state index contributed by atoms with van der Waals surface area (Å²) in [4.78, 5) is 23.3. The molecule has 1 rings (SSSR count). The van der Waals surface area contributed by atoms with Gasteiger partial charge in [0.25, 0.3) is 0 Å². The molecule has 2 unspecified atom stereocenters. The molecule has 0 amide bonds. The number of hydrogen-bond donors (Lipinski definition) is 0. The van der Waals surface area contributed by atoms with Crippen LogP contribution in [0.25, 0.3) is 0 Å². The molecule has 0 aromatic heterocycles. The summed E-state index contributed by atoms with van der Waals surface area (Å²) in [5.74, 6) is 0.164. The zero-order valence-electron chi connectivity index (χ0n) is 9.82. The number of rotatable bonds is 2. The van der Waals surface area contributed by atoms with Gasteiger partial charge < -0.3 is 0 Å². The van der Waals surface area contributed by atoms with Crippen molar-refractivity contribution in [3.63, 3.8) is 0 Å². The summed E-state index contributed by atoms with van der Waals surface area (Å²) in [5.41, 5.74) is 0.955. The molecule has 0 aromatic rings. The average Bonchev–Trinajstić information content (AvgIpc) is 2.12. The fourth-order valence-corrected chi connectivity index (χ4v) is 2.67. The van der Waals surface area contributed by atoms with Gasteiger partial charge in [-0.25, -0.2) is 0 Å². The molecule has 1 aliphatic carbocycles. The van der Waals surface area contributed by atoms with Crippen molar-refractivity contribution in [3.05, 3.63) is 11.1 Å². The lowest BCUT2D eigenvalue weighted by molar-refractivity contribution is -0.142. The largest absolute Gasteiger partial charge is 0.299 e. The van der Waals surface area contributed by atoms with E-state index < -0.39 is 10.8 Å². The van der Waals surface area contributed by atoms with E-state index in [9.17, 15) is 9.59 Å². The van der Waals surface area contributed by atoms with E-state index in [1.165, 1.54) is 0 Å². The second-order valence-corrected chi connectivity index (χ2v) is 4.61. The van der Waals surface area contributed by atoms with Crippen LogP contribution in [0.3, 0.4) is 0 Å². The van der Waals surface area contributed by atoms with Crippen molar-refractivity contribution in [2.24, 2.45) is 10.8 Å². The molecular formula is C12H18O2. The van der Waals surface area contributed by atoms with Crippen molar-refractivity contribution >= 4 is 11.6 Å². The maximum atomic E-state index is 11.6. The first-order valence-corrected chi connectivity index (χ1v) is 4.91. The Morgan fingerprint density at radius 2 is 1.07 bits per heavy atom. The molecule has 0 heterocycles. The predicted molar refractivity (Wildman–Crippen MR) is 56.0 cm³/mol. The van der Waals surface area contributed by atoms with Gasteiger partial charge in [0, 0.05) is 0 Å². The van der Waals surface area contributed by atoms with Gasteiger partial charge in [0.2, 0.25) is 0 Å². The molecule has 0 fully saturated rings. The number of carbonyl (C=O) groups is 2. The molecule has 0 bridgehead atoms. The maximum absolute atomic E-state index is 11.6. The summed E-state index contributed by atoms with van der Waals surface area (Å²) >= 11 is 0. The molecule has 0 aromatic carbocycles. The Kier molecular flexibility index (Phi) is 2.22. The minimum atomic E-state index is -0.580. The van der Waals surface area contributed by atoms with Crippen LogP contribution in [0.15, 0.2) is 11.1 Å². The molecule has 2 nitrogen and oxygen atoms in total. The number of carbonyl (C=O) groups excluding carboxylic acids is 2. The monoisotopic (exact) mass is 194 g/mol. The van der Waals surface area contributed by atoms with E-state index in [0.717, 1.165) is 11.1 Å². The van der Waals surface area contributed by atoms with E-state index in [0.29, 0.717) is 0 Å². The van der Waals surface area contributed by atoms with Crippen LogP contribution < -0.4 is 0 Å². The Hall–Kier alpha value is -0.920. The van der Waals surface area contributed by atoms with Crippen molar-refractivity contribution in [2.45, 2.75) is 41.5 Å². The molecule has 0 saturated heterocycles. The first-order valence-electron chi connectivity index (χ1n) is 4.91. The number of ketones is 2. The van der Waals surface area contributed by atoms with Crippen LogP contribution in [0.4, 0.5) is 0 Å². The zero-order valence-corrected chi connectivity index (χ0v) is 9.82. The molecule has 14 heavy (non-hydrogen) atoms. The SMILES string of the molecule is CC(=O)C1(C)C(C)=C(C)C1(C)C(C)=O. The summed E-state index contributed by atoms with van der Waals surface area (Å²) in [7, 11) is 0. The van der Waals surface area contributed by atoms with E-state index in [4.69, 9.17) is 0 Å². The Bertz CT molecular complexity index is 317. The van der Waals surface area contributed by atoms with Gasteiger partial charge >= 0.3 is 0 Å². The third kappa shape index (κ3) is 0.865. The first-order chi connectivity index (χ1) is 6.20. The summed E-state index contributed by atoms with van der Waals surface area (Å²) in [6, 6.07) is 0. The molecule has 0 N–H and O–H groups in total. The Balaban J connectivity index is 3.39. The van der Waals surface area contributed by atoms with Gasteiger partial charge in [-0.3, -0.25) is 9.59 Å². The predicted octanol–water partition coefficient (Wildman–Crippen LogP) is 2.53. The van der Waals surface area contributed by atoms with Gasteiger partial charge in [-0.15, -0.1) is 0 Å². The van der Waals surface area contributed by atoms with Crippen LogP contribution in [0.5, 0.6) is 0 Å². The number of Topliss-reactive ketones (excluding diaryl/α,β-unsaturated/α-hetero) is 2. The van der Waals surface area contributed by atoms with Crippen molar-refractivity contribution < 1.29 is 9.59 Å². The van der Waals surface area contributed by atoms with E-state index in [2.05, 4.69) is 0 Å². The van der Waals surface area contributed by atoms with E-state index in [-0.39, 0.29) is 11.6 Å². The summed E-state index contributed by atoms with van der Waals surface area (Å²) in [6.07, 6.45) is 0. The molecular weight excluding hydrogens is 176 g/mol. The van der Waals surface area contributed by atoms with E-state index in [1.807, 2.05) is 27.7 Å². The maximum Gasteiger partial charge on any atom is 0.141 e. The van der Waals surface area contributed by atoms with E-state index in [1.54, 1.807) is 13.8 Å². The fourth-order valence-electron chi connectivity index (χ4n) is 2.67. The third-order valence-electron chi connectivity index (χ3n) is 4.47. The highest BCUT2D eigenvalue weighted by Crippen LogP contribution is 2.60. The minimum absolute atomic E-state index is 0.0818. The van der Waals surface area contributed by atoms with Gasteiger partial charge in [0.1, 0.15) is 11.6 Å². The highest BCUT2D eigenvalue weighted by Gasteiger charge is 2.61. The van der Waals surface area contributed by atoms with Gasteiger partial charge in [-0.1, -0.05) is 11.1 Å². The molecule has 0 radical (unpaired) electrons. The standard InChI is InChI=1S/C12H18O2/c1-7-8(2)12(6,10(4)14)11(7,5)9(3)13/h1-6H3. The minimum Gasteiger partial charge on any atom is -0.299 e. The number of allylic oxidation sites excluding steroid dienone is 2. The zero-order chi connectivity index (χ0) is 11.3. The van der Waals surface area contributed by atoms with Crippen LogP contribution in [0.2, 0.25) is 0 Å². The molecule has 0 aliphatic heterocycles. The summed E-state index contributed by atoms with van der Waals surface area (Å²) in [5, 5.41) is 0. The second-order valence-electron chi connectivity index (χ2n) is 4.61. The van der Waals surface area contributed by atoms with Crippen LogP contribution in [0, 0.1) is 10.8 Å². The first kappa shape index (κ1) is 11.2. The topological polar surface area (TPSA) is 34.1 Å². The smallest absolute Gasteiger partial charge is 0.141 e. The van der Waals surface area contributed by atoms with Crippen LogP contribution in [-0.4, -0.2) is 11.6 Å². The Morgan fingerprint density at radius 3 is 1.21 bits per heavy atom. The van der Waals surface area contributed by atoms with Crippen molar-refractivity contribution in [3.8, 4) is 0 Å². The molecule has 1 aliphatic rings. The van der Waals surface area contributed by atoms with Crippen molar-refractivity contribution in [1.29, 1.82) is 0 Å². The van der Waals surface area contributed by atoms with Crippen molar-refractivity contribution in [1.82, 2.24) is 0 Å². The van der Waals surface area contributed by atoms with Crippen LogP contribution in [-0.2, 0) is 9.59 Å². The van der Waals surface area contributed by atoms with Crippen LogP contribution in [0.1, 0.15) is 41.5 Å². The fraction of sp³-hybridized carbons (Fsp3) is 0.667. The highest BCUT2D eigenvalue weighted by atomic mass is 16.1. The second kappa shape index (κ2) is 2.78. The van der Waals surface area contributed by atoms with E-state index >= 15 is 0 Å². The average molecular weight is 194 g/mol. The van der Waals surface area contributed by atoms with Gasteiger partial charge in [-0.05, 0) is 41.5 Å². The normalized spacial score (nSPS) is 36.7. The summed E-state index contributed by atoms with van der Waals surface area (Å²) in [6.45, 7) is 10.8. The third-order valence-corrected chi connectivity index (χ3v) is 4.47. The van der Waals surface area contributed by atoms with Crippen molar-refractivity contribution in [2.75, 3.05) is 0 Å². The molecule has 2 heteroatoms. The quantitative estimate of drug-likeness (QED) is 0.633. The lowest BCUT2D eigenvalue weighted by atomic mass is 9.46. The Morgan fingerprint density at radius 1 is 0.857 bits per heavy atom. The lowest BCUT2D eigenvalue weighted by Gasteiger charge is -2.54. The Labute approximate surface area is 85.4 Å². The molecule has 0 saturated carbocycles. The summed E-state index contributed by atoms with van der Waals surface area (Å²) < 4.78 is 0. The van der Waals surface area contributed by atoms with Crippen LogP contribution >= 0.6 is 0 Å². The van der Waals surface area contributed by atoms with Gasteiger partial charge in [0.05, 0.1) is 10.8 Å². The molecule has 2 atom stereocenters. The highest BCUT2D eigenvalue weighted by molar-refractivity contribution is 6.00. The number of hydrogen-bond acceptors (Lipinski definition) is 2. The van der Waals surface area contributed by atoms with Gasteiger partial charge in [-0.2, -0.15) is 0 Å². The lowest BCUT2D eigenvalue weighted by Crippen LogP contribution is -2.56.